The van der Waals surface area contributed by atoms with Gasteiger partial charge in [0, 0.05) is 17.0 Å². The lowest BCUT2D eigenvalue weighted by molar-refractivity contribution is 1.11. The third-order valence-electron chi connectivity index (χ3n) is 1.34. The topological polar surface area (TPSA) is 12.9 Å². The van der Waals surface area contributed by atoms with E-state index in [4.69, 9.17) is 11.6 Å². The molecule has 1 aromatic heterocycles. The van der Waals surface area contributed by atoms with Crippen molar-refractivity contribution in [3.8, 4) is 0 Å². The van der Waals surface area contributed by atoms with Crippen molar-refractivity contribution >= 4 is 34.7 Å². The summed E-state index contributed by atoms with van der Waals surface area (Å²) in [4.78, 5) is 4.37. The van der Waals surface area contributed by atoms with E-state index in [0.717, 1.165) is 28.8 Å². The molecule has 0 radical (unpaired) electrons. The number of nitrogens with zero attached hydrogens (tertiary/aromatic N) is 1. The second kappa shape index (κ2) is 5.84. The SMILES string of the molecule is Cc1nc(CSCCCCl)cs1. The average Bonchev–Trinajstić information content (AvgIpc) is 2.45. The van der Waals surface area contributed by atoms with E-state index in [9.17, 15) is 0 Å². The van der Waals surface area contributed by atoms with E-state index in [2.05, 4.69) is 10.4 Å². The van der Waals surface area contributed by atoms with Crippen LogP contribution in [-0.4, -0.2) is 16.6 Å². The van der Waals surface area contributed by atoms with Crippen LogP contribution in [-0.2, 0) is 5.75 Å². The average molecular weight is 222 g/mol. The summed E-state index contributed by atoms with van der Waals surface area (Å²) in [5, 5.41) is 3.28. The quantitative estimate of drug-likeness (QED) is 0.559. The lowest BCUT2D eigenvalue weighted by Crippen LogP contribution is -1.84. The van der Waals surface area contributed by atoms with Crippen LogP contribution in [0.3, 0.4) is 0 Å². The Hall–Kier alpha value is 0.270. The molecule has 12 heavy (non-hydrogen) atoms. The van der Waals surface area contributed by atoms with Crippen molar-refractivity contribution in [2.45, 2.75) is 19.1 Å². The number of hydrogen-bond donors (Lipinski definition) is 0. The lowest BCUT2D eigenvalue weighted by Gasteiger charge is -1.95. The van der Waals surface area contributed by atoms with Gasteiger partial charge in [0.25, 0.3) is 0 Å². The molecular formula is C8H12ClNS2. The van der Waals surface area contributed by atoms with Gasteiger partial charge in [-0.15, -0.1) is 22.9 Å². The maximum atomic E-state index is 5.56. The minimum Gasteiger partial charge on any atom is -0.246 e. The molecule has 0 amide bonds. The van der Waals surface area contributed by atoms with Crippen molar-refractivity contribution in [2.24, 2.45) is 0 Å². The summed E-state index contributed by atoms with van der Waals surface area (Å²) in [7, 11) is 0. The third kappa shape index (κ3) is 3.78. The molecule has 1 nitrogen and oxygen atoms in total. The minimum atomic E-state index is 0.767. The normalized spacial score (nSPS) is 10.5. The number of halogens is 1. The molecule has 0 aliphatic rings. The van der Waals surface area contributed by atoms with Gasteiger partial charge in [-0.1, -0.05) is 0 Å². The number of aryl methyl sites for hydroxylation is 1. The summed E-state index contributed by atoms with van der Waals surface area (Å²) in [6, 6.07) is 0. The van der Waals surface area contributed by atoms with Gasteiger partial charge in [-0.05, 0) is 19.1 Å². The Morgan fingerprint density at radius 2 is 2.50 bits per heavy atom. The van der Waals surface area contributed by atoms with E-state index in [1.807, 2.05) is 18.7 Å². The molecule has 0 aliphatic carbocycles. The van der Waals surface area contributed by atoms with Crippen LogP contribution < -0.4 is 0 Å². The van der Waals surface area contributed by atoms with E-state index >= 15 is 0 Å². The number of alkyl halides is 1. The largest absolute Gasteiger partial charge is 0.246 e. The first-order valence-corrected chi connectivity index (χ1v) is 6.44. The van der Waals surface area contributed by atoms with E-state index in [-0.39, 0.29) is 0 Å². The molecule has 1 aromatic rings. The van der Waals surface area contributed by atoms with E-state index in [0.29, 0.717) is 0 Å². The van der Waals surface area contributed by atoms with Gasteiger partial charge in [0.2, 0.25) is 0 Å². The van der Waals surface area contributed by atoms with E-state index in [1.165, 1.54) is 5.69 Å². The third-order valence-corrected chi connectivity index (χ3v) is 3.51. The fraction of sp³-hybridized carbons (Fsp3) is 0.625. The number of thioether (sulfide) groups is 1. The van der Waals surface area contributed by atoms with Gasteiger partial charge >= 0.3 is 0 Å². The summed E-state index contributed by atoms with van der Waals surface area (Å²) in [6.45, 7) is 2.04. The molecule has 0 spiro atoms. The molecule has 0 N–H and O–H groups in total. The molecule has 0 aliphatic heterocycles. The van der Waals surface area contributed by atoms with E-state index in [1.54, 1.807) is 11.3 Å². The predicted molar refractivity (Wildman–Crippen MR) is 58.4 cm³/mol. The van der Waals surface area contributed by atoms with Gasteiger partial charge in [-0.25, -0.2) is 4.98 Å². The Bertz CT molecular complexity index is 225. The Balaban J connectivity index is 2.15. The summed E-state index contributed by atoms with van der Waals surface area (Å²) < 4.78 is 0. The van der Waals surface area contributed by atoms with Crippen LogP contribution in [0.15, 0.2) is 5.38 Å². The van der Waals surface area contributed by atoms with Crippen LogP contribution in [0.5, 0.6) is 0 Å². The molecule has 0 saturated carbocycles. The first-order chi connectivity index (χ1) is 5.83. The zero-order chi connectivity index (χ0) is 8.81. The molecule has 0 aromatic carbocycles. The summed E-state index contributed by atoms with van der Waals surface area (Å²) >= 11 is 9.18. The predicted octanol–water partition coefficient (Wildman–Crippen LogP) is 3.31. The van der Waals surface area contributed by atoms with Gasteiger partial charge in [0.15, 0.2) is 0 Å². The number of aromatic nitrogens is 1. The molecule has 0 unspecified atom stereocenters. The van der Waals surface area contributed by atoms with Gasteiger partial charge < -0.3 is 0 Å². The highest BCUT2D eigenvalue weighted by Crippen LogP contribution is 2.15. The molecule has 68 valence electrons. The highest BCUT2D eigenvalue weighted by molar-refractivity contribution is 7.98. The summed E-state index contributed by atoms with van der Waals surface area (Å²) in [5.41, 5.74) is 1.21. The fourth-order valence-electron chi connectivity index (χ4n) is 0.808. The fourth-order valence-corrected chi connectivity index (χ4v) is 2.67. The molecule has 0 saturated heterocycles. The van der Waals surface area contributed by atoms with Gasteiger partial charge in [-0.2, -0.15) is 11.8 Å². The molecule has 0 bridgehead atoms. The highest BCUT2D eigenvalue weighted by Gasteiger charge is 1.97. The lowest BCUT2D eigenvalue weighted by atomic mass is 10.6. The monoisotopic (exact) mass is 221 g/mol. The summed E-state index contributed by atoms with van der Waals surface area (Å²) in [6.07, 6.45) is 1.09. The van der Waals surface area contributed by atoms with Crippen LogP contribution in [0.25, 0.3) is 0 Å². The smallest absolute Gasteiger partial charge is 0.0897 e. The maximum Gasteiger partial charge on any atom is 0.0897 e. The number of thiazole rings is 1. The zero-order valence-corrected chi connectivity index (χ0v) is 9.44. The molecule has 1 rings (SSSR count). The van der Waals surface area contributed by atoms with Gasteiger partial charge in [-0.3, -0.25) is 0 Å². The summed E-state index contributed by atoms with van der Waals surface area (Å²) in [5.74, 6) is 2.93. The maximum absolute atomic E-state index is 5.56. The van der Waals surface area contributed by atoms with Crippen LogP contribution >= 0.6 is 34.7 Å². The Morgan fingerprint density at radius 3 is 3.08 bits per heavy atom. The van der Waals surface area contributed by atoms with Crippen LogP contribution in [0.2, 0.25) is 0 Å². The Morgan fingerprint density at radius 1 is 1.67 bits per heavy atom. The first kappa shape index (κ1) is 10.4. The van der Waals surface area contributed by atoms with Crippen molar-refractivity contribution in [2.75, 3.05) is 11.6 Å². The zero-order valence-electron chi connectivity index (χ0n) is 7.05. The van der Waals surface area contributed by atoms with Crippen molar-refractivity contribution in [3.05, 3.63) is 16.1 Å². The number of hydrogen-bond acceptors (Lipinski definition) is 3. The number of rotatable bonds is 5. The molecular weight excluding hydrogens is 210 g/mol. The Kier molecular flexibility index (Phi) is 5.04. The molecule has 0 fully saturated rings. The second-order valence-corrected chi connectivity index (χ2v) is 5.00. The van der Waals surface area contributed by atoms with Crippen LogP contribution in [0, 0.1) is 6.92 Å². The van der Waals surface area contributed by atoms with Crippen molar-refractivity contribution in [1.29, 1.82) is 0 Å². The van der Waals surface area contributed by atoms with Crippen molar-refractivity contribution in [1.82, 2.24) is 4.98 Å². The first-order valence-electron chi connectivity index (χ1n) is 3.87. The van der Waals surface area contributed by atoms with E-state index < -0.39 is 0 Å². The molecule has 4 heteroatoms. The van der Waals surface area contributed by atoms with Gasteiger partial charge in [0.1, 0.15) is 0 Å². The highest BCUT2D eigenvalue weighted by atomic mass is 35.5. The van der Waals surface area contributed by atoms with Gasteiger partial charge in [0.05, 0.1) is 10.7 Å². The second-order valence-electron chi connectivity index (χ2n) is 2.45. The molecule has 1 heterocycles. The Labute approximate surface area is 86.5 Å². The minimum absolute atomic E-state index is 0.767. The van der Waals surface area contributed by atoms with Crippen molar-refractivity contribution in [3.63, 3.8) is 0 Å². The van der Waals surface area contributed by atoms with Crippen LogP contribution in [0.1, 0.15) is 17.1 Å². The van der Waals surface area contributed by atoms with Crippen molar-refractivity contribution < 1.29 is 0 Å². The molecule has 0 atom stereocenters. The van der Waals surface area contributed by atoms with Crippen LogP contribution in [0.4, 0.5) is 0 Å². The standard InChI is InChI=1S/C8H12ClNS2/c1-7-10-8(6-12-7)5-11-4-2-3-9/h6H,2-5H2,1H3.